The van der Waals surface area contributed by atoms with Crippen LogP contribution in [0.5, 0.6) is 0 Å². The first-order chi connectivity index (χ1) is 11.3. The van der Waals surface area contributed by atoms with Crippen molar-refractivity contribution in [2.24, 2.45) is 0 Å². The van der Waals surface area contributed by atoms with Gasteiger partial charge in [-0.2, -0.15) is 9.97 Å². The average molecular weight is 317 g/mol. The van der Waals surface area contributed by atoms with Gasteiger partial charge in [-0.15, -0.1) is 0 Å². The Bertz CT molecular complexity index is 648. The van der Waals surface area contributed by atoms with Gasteiger partial charge in [-0.1, -0.05) is 17.2 Å². The molecule has 0 radical (unpaired) electrons. The van der Waals surface area contributed by atoms with Crippen LogP contribution in [-0.2, 0) is 13.0 Å². The van der Waals surface area contributed by atoms with Crippen LogP contribution in [0.4, 0.5) is 0 Å². The topological polar surface area (TPSA) is 81.1 Å². The lowest BCUT2D eigenvalue weighted by Gasteiger charge is -2.30. The number of piperidine rings is 1. The number of rotatable bonds is 6. The Morgan fingerprint density at radius 2 is 2.00 bits per heavy atom. The zero-order valence-electron chi connectivity index (χ0n) is 13.6. The molecule has 1 saturated heterocycles. The normalized spacial score (nSPS) is 22.6. The minimum Gasteiger partial charge on any atom is -0.339 e. The molecule has 2 fully saturated rings. The maximum Gasteiger partial charge on any atom is 0.229 e. The van der Waals surface area contributed by atoms with Crippen molar-refractivity contribution in [1.82, 2.24) is 25.2 Å². The standard InChI is InChI=1S/C16H23N5O2/c1-2-4-14-17-13(19-22-14)10-21-8-3-5-12(9-21)15-18-16(23-20-15)11-6-7-11/h11-12H,2-10H2,1H3/t12-/m1/s1. The van der Waals surface area contributed by atoms with E-state index in [0.29, 0.717) is 11.8 Å². The van der Waals surface area contributed by atoms with Gasteiger partial charge in [0.1, 0.15) is 0 Å². The largest absolute Gasteiger partial charge is 0.339 e. The molecule has 4 rings (SSSR count). The van der Waals surface area contributed by atoms with Crippen LogP contribution in [0.3, 0.4) is 0 Å². The second-order valence-electron chi connectivity index (χ2n) is 6.69. The first-order valence-electron chi connectivity index (χ1n) is 8.69. The molecule has 7 heteroatoms. The predicted molar refractivity (Wildman–Crippen MR) is 81.8 cm³/mol. The van der Waals surface area contributed by atoms with Gasteiger partial charge in [-0.25, -0.2) is 0 Å². The molecule has 124 valence electrons. The SMILES string of the molecule is CCCc1nc(CN2CCC[C@@H](c3noc(C4CC4)n3)C2)no1. The van der Waals surface area contributed by atoms with Crippen LogP contribution in [0.25, 0.3) is 0 Å². The summed E-state index contributed by atoms with van der Waals surface area (Å²) >= 11 is 0. The lowest BCUT2D eigenvalue weighted by Crippen LogP contribution is -2.34. The lowest BCUT2D eigenvalue weighted by molar-refractivity contribution is 0.188. The maximum absolute atomic E-state index is 5.41. The molecule has 2 aromatic rings. The number of likely N-dealkylation sites (tertiary alicyclic amines) is 1. The highest BCUT2D eigenvalue weighted by Gasteiger charge is 2.32. The van der Waals surface area contributed by atoms with Crippen molar-refractivity contribution >= 4 is 0 Å². The summed E-state index contributed by atoms with van der Waals surface area (Å²) in [7, 11) is 0. The quantitative estimate of drug-likeness (QED) is 0.810. The molecule has 0 amide bonds. The van der Waals surface area contributed by atoms with Crippen LogP contribution in [-0.4, -0.2) is 38.3 Å². The van der Waals surface area contributed by atoms with E-state index < -0.39 is 0 Å². The summed E-state index contributed by atoms with van der Waals surface area (Å²) < 4.78 is 10.7. The van der Waals surface area contributed by atoms with Gasteiger partial charge in [0.2, 0.25) is 11.8 Å². The maximum atomic E-state index is 5.41. The monoisotopic (exact) mass is 317 g/mol. The van der Waals surface area contributed by atoms with Crippen LogP contribution in [0.15, 0.2) is 9.05 Å². The van der Waals surface area contributed by atoms with Gasteiger partial charge in [0, 0.05) is 24.8 Å². The van der Waals surface area contributed by atoms with E-state index in [1.807, 2.05) is 0 Å². The molecule has 0 spiro atoms. The molecular formula is C16H23N5O2. The highest BCUT2D eigenvalue weighted by molar-refractivity contribution is 5.05. The van der Waals surface area contributed by atoms with Crippen LogP contribution in [0.1, 0.15) is 74.3 Å². The van der Waals surface area contributed by atoms with Gasteiger partial charge in [-0.05, 0) is 38.6 Å². The summed E-state index contributed by atoms with van der Waals surface area (Å²) in [6.07, 6.45) is 6.51. The first kappa shape index (κ1) is 14.8. The Morgan fingerprint density at radius 3 is 2.83 bits per heavy atom. The van der Waals surface area contributed by atoms with E-state index in [1.54, 1.807) is 0 Å². The van der Waals surface area contributed by atoms with E-state index in [-0.39, 0.29) is 0 Å². The number of nitrogens with zero attached hydrogens (tertiary/aromatic N) is 5. The predicted octanol–water partition coefficient (Wildman–Crippen LogP) is 2.66. The fourth-order valence-corrected chi connectivity index (χ4v) is 3.19. The van der Waals surface area contributed by atoms with E-state index in [9.17, 15) is 0 Å². The zero-order valence-corrected chi connectivity index (χ0v) is 13.6. The third kappa shape index (κ3) is 3.44. The van der Waals surface area contributed by atoms with Crippen LogP contribution in [0.2, 0.25) is 0 Å². The minimum absolute atomic E-state index is 0.349. The average Bonchev–Trinajstić information content (AvgIpc) is 3.13. The number of hydrogen-bond acceptors (Lipinski definition) is 7. The molecule has 1 aliphatic carbocycles. The molecule has 7 nitrogen and oxygen atoms in total. The minimum atomic E-state index is 0.349. The van der Waals surface area contributed by atoms with Crippen LogP contribution >= 0.6 is 0 Å². The van der Waals surface area contributed by atoms with E-state index in [0.717, 1.165) is 68.7 Å². The molecule has 1 atom stereocenters. The van der Waals surface area contributed by atoms with E-state index >= 15 is 0 Å². The zero-order chi connectivity index (χ0) is 15.6. The lowest BCUT2D eigenvalue weighted by atomic mass is 9.97. The molecule has 0 bridgehead atoms. The van der Waals surface area contributed by atoms with Gasteiger partial charge < -0.3 is 9.05 Å². The second-order valence-corrected chi connectivity index (χ2v) is 6.69. The van der Waals surface area contributed by atoms with Crippen molar-refractivity contribution in [1.29, 1.82) is 0 Å². The van der Waals surface area contributed by atoms with Gasteiger partial charge in [-0.3, -0.25) is 4.90 Å². The van der Waals surface area contributed by atoms with Crippen molar-refractivity contribution in [3.8, 4) is 0 Å². The van der Waals surface area contributed by atoms with Gasteiger partial charge in [0.15, 0.2) is 11.6 Å². The van der Waals surface area contributed by atoms with Crippen molar-refractivity contribution in [3.63, 3.8) is 0 Å². The Balaban J connectivity index is 1.37. The highest BCUT2D eigenvalue weighted by Crippen LogP contribution is 2.39. The number of hydrogen-bond donors (Lipinski definition) is 0. The molecule has 1 saturated carbocycles. The molecule has 0 N–H and O–H groups in total. The number of aryl methyl sites for hydroxylation is 1. The van der Waals surface area contributed by atoms with Crippen LogP contribution in [0, 0.1) is 0 Å². The smallest absolute Gasteiger partial charge is 0.229 e. The van der Waals surface area contributed by atoms with Gasteiger partial charge in [0.25, 0.3) is 0 Å². The third-order valence-corrected chi connectivity index (χ3v) is 4.59. The Labute approximate surface area is 135 Å². The van der Waals surface area contributed by atoms with Gasteiger partial charge in [0.05, 0.1) is 6.54 Å². The van der Waals surface area contributed by atoms with Crippen molar-refractivity contribution < 1.29 is 9.05 Å². The fraction of sp³-hybridized carbons (Fsp3) is 0.750. The van der Waals surface area contributed by atoms with Crippen molar-refractivity contribution in [3.05, 3.63) is 23.4 Å². The summed E-state index contributed by atoms with van der Waals surface area (Å²) in [5.41, 5.74) is 0. The summed E-state index contributed by atoms with van der Waals surface area (Å²) in [6, 6.07) is 0. The van der Waals surface area contributed by atoms with E-state index in [4.69, 9.17) is 9.05 Å². The molecule has 1 aliphatic heterocycles. The van der Waals surface area contributed by atoms with Gasteiger partial charge >= 0.3 is 0 Å². The molecular weight excluding hydrogens is 294 g/mol. The molecule has 0 aromatic carbocycles. The Morgan fingerprint density at radius 1 is 1.09 bits per heavy atom. The second kappa shape index (κ2) is 6.39. The Hall–Kier alpha value is -1.76. The molecule has 2 aliphatic rings. The summed E-state index contributed by atoms with van der Waals surface area (Å²) in [5, 5.41) is 8.29. The molecule has 2 aromatic heterocycles. The highest BCUT2D eigenvalue weighted by atomic mass is 16.5. The summed E-state index contributed by atoms with van der Waals surface area (Å²) in [5.74, 6) is 4.09. The molecule has 0 unspecified atom stereocenters. The molecule has 3 heterocycles. The number of aromatic nitrogens is 4. The molecule has 23 heavy (non-hydrogen) atoms. The summed E-state index contributed by atoms with van der Waals surface area (Å²) in [6.45, 7) is 4.83. The van der Waals surface area contributed by atoms with E-state index in [1.165, 1.54) is 12.8 Å². The summed E-state index contributed by atoms with van der Waals surface area (Å²) in [4.78, 5) is 11.4. The Kier molecular flexibility index (Phi) is 4.11. The first-order valence-corrected chi connectivity index (χ1v) is 8.69. The third-order valence-electron chi connectivity index (χ3n) is 4.59. The van der Waals surface area contributed by atoms with Crippen molar-refractivity contribution in [2.45, 2.75) is 63.8 Å². The van der Waals surface area contributed by atoms with E-state index in [2.05, 4.69) is 32.1 Å². The van der Waals surface area contributed by atoms with Crippen molar-refractivity contribution in [2.75, 3.05) is 13.1 Å². The van der Waals surface area contributed by atoms with Crippen LogP contribution < -0.4 is 0 Å². The fourth-order valence-electron chi connectivity index (χ4n) is 3.19.